The molecule has 19 heavy (non-hydrogen) atoms. The molecular weight excluding hydrogens is 238 g/mol. The lowest BCUT2D eigenvalue weighted by Crippen LogP contribution is -2.33. The van der Waals surface area contributed by atoms with Crippen LogP contribution in [0.1, 0.15) is 43.1 Å². The van der Waals surface area contributed by atoms with E-state index in [9.17, 15) is 0 Å². The number of rotatable bonds is 5. The highest BCUT2D eigenvalue weighted by molar-refractivity contribution is 5.21. The standard InChI is InChI=1S/C15H21N3O/c1-4-15(3,16)14-17-13(19-18-14)10-9-12-7-5-11(2)6-8-12/h5-8H,4,9-10,16H2,1-3H3. The minimum atomic E-state index is -0.508. The smallest absolute Gasteiger partial charge is 0.227 e. The van der Waals surface area contributed by atoms with Crippen LogP contribution >= 0.6 is 0 Å². The lowest BCUT2D eigenvalue weighted by Gasteiger charge is -2.16. The molecule has 1 atom stereocenters. The van der Waals surface area contributed by atoms with E-state index in [0.29, 0.717) is 11.7 Å². The maximum atomic E-state index is 6.09. The van der Waals surface area contributed by atoms with Gasteiger partial charge in [0.15, 0.2) is 5.82 Å². The van der Waals surface area contributed by atoms with Gasteiger partial charge in [0.05, 0.1) is 5.54 Å². The van der Waals surface area contributed by atoms with Crippen molar-refractivity contribution in [2.45, 2.75) is 45.6 Å². The van der Waals surface area contributed by atoms with E-state index in [0.717, 1.165) is 19.3 Å². The molecule has 0 aliphatic rings. The number of benzene rings is 1. The third kappa shape index (κ3) is 3.41. The van der Waals surface area contributed by atoms with E-state index in [1.54, 1.807) is 0 Å². The van der Waals surface area contributed by atoms with Gasteiger partial charge in [-0.3, -0.25) is 0 Å². The number of nitrogens with two attached hydrogens (primary N) is 1. The van der Waals surface area contributed by atoms with Gasteiger partial charge in [-0.2, -0.15) is 4.98 Å². The van der Waals surface area contributed by atoms with E-state index < -0.39 is 5.54 Å². The van der Waals surface area contributed by atoms with Gasteiger partial charge in [-0.25, -0.2) is 0 Å². The van der Waals surface area contributed by atoms with Gasteiger partial charge in [-0.05, 0) is 32.3 Å². The van der Waals surface area contributed by atoms with Crippen LogP contribution in [0, 0.1) is 6.92 Å². The van der Waals surface area contributed by atoms with Crippen LogP contribution in [0.3, 0.4) is 0 Å². The van der Waals surface area contributed by atoms with E-state index in [-0.39, 0.29) is 0 Å². The zero-order valence-corrected chi connectivity index (χ0v) is 11.8. The van der Waals surface area contributed by atoms with Crippen molar-refractivity contribution < 1.29 is 4.52 Å². The minimum absolute atomic E-state index is 0.508. The number of aryl methyl sites for hydroxylation is 3. The molecule has 4 nitrogen and oxygen atoms in total. The molecule has 0 saturated carbocycles. The van der Waals surface area contributed by atoms with Gasteiger partial charge >= 0.3 is 0 Å². The molecule has 1 aromatic carbocycles. The second kappa shape index (κ2) is 5.53. The first-order valence-corrected chi connectivity index (χ1v) is 6.69. The predicted molar refractivity (Wildman–Crippen MR) is 74.7 cm³/mol. The Balaban J connectivity index is 1.99. The van der Waals surface area contributed by atoms with Gasteiger partial charge in [0, 0.05) is 6.42 Å². The molecule has 0 saturated heterocycles. The Bertz CT molecular complexity index is 529. The van der Waals surface area contributed by atoms with Crippen molar-refractivity contribution in [3.8, 4) is 0 Å². The highest BCUT2D eigenvalue weighted by atomic mass is 16.5. The van der Waals surface area contributed by atoms with Crippen LogP contribution in [0.2, 0.25) is 0 Å². The van der Waals surface area contributed by atoms with Gasteiger partial charge < -0.3 is 10.3 Å². The Hall–Kier alpha value is -1.68. The van der Waals surface area contributed by atoms with Gasteiger partial charge in [-0.1, -0.05) is 41.9 Å². The van der Waals surface area contributed by atoms with Gasteiger partial charge in [0.25, 0.3) is 0 Å². The van der Waals surface area contributed by atoms with Crippen molar-refractivity contribution in [3.63, 3.8) is 0 Å². The molecule has 2 N–H and O–H groups in total. The van der Waals surface area contributed by atoms with Crippen LogP contribution in [0.4, 0.5) is 0 Å². The van der Waals surface area contributed by atoms with Gasteiger partial charge in [0.1, 0.15) is 0 Å². The predicted octanol–water partition coefficient (Wildman–Crippen LogP) is 2.75. The Morgan fingerprint density at radius 2 is 1.89 bits per heavy atom. The second-order valence-corrected chi connectivity index (χ2v) is 5.27. The Morgan fingerprint density at radius 1 is 1.21 bits per heavy atom. The minimum Gasteiger partial charge on any atom is -0.339 e. The van der Waals surface area contributed by atoms with Crippen LogP contribution in [-0.4, -0.2) is 10.1 Å². The summed E-state index contributed by atoms with van der Waals surface area (Å²) in [6.45, 7) is 6.02. The van der Waals surface area contributed by atoms with E-state index in [1.807, 2.05) is 13.8 Å². The Morgan fingerprint density at radius 3 is 2.53 bits per heavy atom. The third-order valence-electron chi connectivity index (χ3n) is 3.46. The first-order chi connectivity index (χ1) is 9.01. The lowest BCUT2D eigenvalue weighted by atomic mass is 10.00. The molecule has 0 fully saturated rings. The summed E-state index contributed by atoms with van der Waals surface area (Å²) >= 11 is 0. The highest BCUT2D eigenvalue weighted by Crippen LogP contribution is 2.18. The fraction of sp³-hybridized carbons (Fsp3) is 0.467. The molecule has 0 spiro atoms. The maximum absolute atomic E-state index is 6.09. The van der Waals surface area contributed by atoms with Crippen molar-refractivity contribution in [3.05, 3.63) is 47.1 Å². The van der Waals surface area contributed by atoms with Crippen molar-refractivity contribution >= 4 is 0 Å². The van der Waals surface area contributed by atoms with E-state index in [1.165, 1.54) is 11.1 Å². The van der Waals surface area contributed by atoms with Crippen molar-refractivity contribution in [1.29, 1.82) is 0 Å². The fourth-order valence-corrected chi connectivity index (χ4v) is 1.75. The van der Waals surface area contributed by atoms with Crippen LogP contribution in [0.25, 0.3) is 0 Å². The monoisotopic (exact) mass is 259 g/mol. The molecule has 1 aromatic heterocycles. The van der Waals surface area contributed by atoms with E-state index in [2.05, 4.69) is 41.3 Å². The zero-order valence-electron chi connectivity index (χ0n) is 11.8. The summed E-state index contributed by atoms with van der Waals surface area (Å²) in [7, 11) is 0. The average Bonchev–Trinajstić information content (AvgIpc) is 2.88. The summed E-state index contributed by atoms with van der Waals surface area (Å²) in [6, 6.07) is 8.49. The molecule has 102 valence electrons. The van der Waals surface area contributed by atoms with Crippen LogP contribution in [-0.2, 0) is 18.4 Å². The Kier molecular flexibility index (Phi) is 4.00. The molecule has 0 aliphatic heterocycles. The zero-order chi connectivity index (χ0) is 13.9. The van der Waals surface area contributed by atoms with Crippen molar-refractivity contribution in [2.75, 3.05) is 0 Å². The number of aromatic nitrogens is 2. The molecule has 0 radical (unpaired) electrons. The molecule has 1 unspecified atom stereocenters. The number of hydrogen-bond acceptors (Lipinski definition) is 4. The fourth-order valence-electron chi connectivity index (χ4n) is 1.75. The maximum Gasteiger partial charge on any atom is 0.227 e. The molecule has 2 rings (SSSR count). The summed E-state index contributed by atoms with van der Waals surface area (Å²) in [5.41, 5.74) is 8.12. The normalized spacial score (nSPS) is 14.3. The molecule has 0 bridgehead atoms. The van der Waals surface area contributed by atoms with Crippen LogP contribution < -0.4 is 5.73 Å². The topological polar surface area (TPSA) is 64.9 Å². The Labute approximate surface area is 114 Å². The molecular formula is C15H21N3O. The number of hydrogen-bond donors (Lipinski definition) is 1. The average molecular weight is 259 g/mol. The third-order valence-corrected chi connectivity index (χ3v) is 3.46. The van der Waals surface area contributed by atoms with Gasteiger partial charge in [-0.15, -0.1) is 0 Å². The second-order valence-electron chi connectivity index (χ2n) is 5.27. The number of nitrogens with zero attached hydrogens (tertiary/aromatic N) is 2. The summed E-state index contributed by atoms with van der Waals surface area (Å²) in [6.07, 6.45) is 2.43. The summed E-state index contributed by atoms with van der Waals surface area (Å²) < 4.78 is 5.26. The summed E-state index contributed by atoms with van der Waals surface area (Å²) in [5, 5.41) is 3.97. The summed E-state index contributed by atoms with van der Waals surface area (Å²) in [5.74, 6) is 1.25. The first kappa shape index (κ1) is 13.7. The van der Waals surface area contributed by atoms with E-state index in [4.69, 9.17) is 10.3 Å². The molecule has 1 heterocycles. The summed E-state index contributed by atoms with van der Waals surface area (Å²) in [4.78, 5) is 4.38. The van der Waals surface area contributed by atoms with Crippen LogP contribution in [0.15, 0.2) is 28.8 Å². The molecule has 0 amide bonds. The lowest BCUT2D eigenvalue weighted by molar-refractivity contribution is 0.352. The van der Waals surface area contributed by atoms with E-state index >= 15 is 0 Å². The molecule has 0 aliphatic carbocycles. The highest BCUT2D eigenvalue weighted by Gasteiger charge is 2.25. The molecule has 2 aromatic rings. The quantitative estimate of drug-likeness (QED) is 0.896. The van der Waals surface area contributed by atoms with Crippen LogP contribution in [0.5, 0.6) is 0 Å². The largest absolute Gasteiger partial charge is 0.339 e. The molecule has 4 heteroatoms. The van der Waals surface area contributed by atoms with Gasteiger partial charge in [0.2, 0.25) is 5.89 Å². The van der Waals surface area contributed by atoms with Crippen molar-refractivity contribution in [1.82, 2.24) is 10.1 Å². The first-order valence-electron chi connectivity index (χ1n) is 6.69. The van der Waals surface area contributed by atoms with Crippen molar-refractivity contribution in [2.24, 2.45) is 5.73 Å². The SMILES string of the molecule is CCC(C)(N)c1noc(CCc2ccc(C)cc2)n1.